The molecule has 1 aromatic rings. The molecule has 0 aliphatic carbocycles. The highest BCUT2D eigenvalue weighted by molar-refractivity contribution is 5.92. The van der Waals surface area contributed by atoms with Crippen molar-refractivity contribution in [3.8, 4) is 0 Å². The van der Waals surface area contributed by atoms with E-state index in [2.05, 4.69) is 10.6 Å². The number of hydrogen-bond acceptors (Lipinski definition) is 4. The van der Waals surface area contributed by atoms with Crippen molar-refractivity contribution in [2.75, 3.05) is 32.1 Å². The van der Waals surface area contributed by atoms with E-state index in [4.69, 9.17) is 9.47 Å². The Balaban J connectivity index is 0.00000400. The normalized spacial score (nSPS) is 10.3. The quantitative estimate of drug-likeness (QED) is 0.686. The van der Waals surface area contributed by atoms with Crippen LogP contribution in [0.2, 0.25) is 0 Å². The third-order valence-electron chi connectivity index (χ3n) is 2.56. The fraction of sp³-hybridized carbons (Fsp3) is 0.533. The van der Waals surface area contributed by atoms with Crippen LogP contribution in [-0.4, -0.2) is 38.8 Å². The molecule has 0 fully saturated rings. The molecule has 0 bridgehead atoms. The summed E-state index contributed by atoms with van der Waals surface area (Å²) in [6.07, 6.45) is 0.193. The lowest BCUT2D eigenvalue weighted by Crippen LogP contribution is -2.30. The van der Waals surface area contributed by atoms with Gasteiger partial charge in [-0.1, -0.05) is 12.1 Å². The van der Waals surface area contributed by atoms with Crippen molar-refractivity contribution in [3.63, 3.8) is 0 Å². The molecule has 0 aliphatic rings. The second-order valence-electron chi connectivity index (χ2n) is 4.78. The predicted octanol–water partition coefficient (Wildman–Crippen LogP) is 2.21. The van der Waals surface area contributed by atoms with Gasteiger partial charge in [0.15, 0.2) is 0 Å². The maximum atomic E-state index is 11.7. The van der Waals surface area contributed by atoms with E-state index >= 15 is 0 Å². The fourth-order valence-corrected chi connectivity index (χ4v) is 1.58. The number of methoxy groups -OCH3 is 1. The first-order valence-corrected chi connectivity index (χ1v) is 6.82. The number of nitrogens with one attached hydrogen (secondary N) is 2. The topological polar surface area (TPSA) is 59.6 Å². The lowest BCUT2D eigenvalue weighted by atomic mass is 10.2. The largest absolute Gasteiger partial charge is 0.383 e. The molecule has 0 atom stereocenters. The van der Waals surface area contributed by atoms with E-state index in [0.29, 0.717) is 19.8 Å². The number of hydrogen-bond donors (Lipinski definition) is 2. The van der Waals surface area contributed by atoms with Crippen LogP contribution in [0.25, 0.3) is 0 Å². The van der Waals surface area contributed by atoms with E-state index in [0.717, 1.165) is 11.3 Å². The van der Waals surface area contributed by atoms with Crippen LogP contribution in [0.1, 0.15) is 19.4 Å². The van der Waals surface area contributed by atoms with Crippen LogP contribution in [0, 0.1) is 0 Å². The molecule has 0 saturated carbocycles. The second kappa shape index (κ2) is 11.5. The molecular weight excluding hydrogens is 292 g/mol. The standard InChI is InChI=1S/C15H24N2O3.ClH/c1-12(2)20-11-13-5-4-6-14(9-13)17-15(18)10-16-7-8-19-3;/h4-6,9,12,16H,7-8,10-11H2,1-3H3,(H,17,18);1H. The first-order valence-electron chi connectivity index (χ1n) is 6.82. The molecule has 6 heteroatoms. The predicted molar refractivity (Wildman–Crippen MR) is 87.0 cm³/mol. The summed E-state index contributed by atoms with van der Waals surface area (Å²) in [7, 11) is 1.63. The summed E-state index contributed by atoms with van der Waals surface area (Å²) < 4.78 is 10.4. The molecule has 0 radical (unpaired) electrons. The summed E-state index contributed by atoms with van der Waals surface area (Å²) >= 11 is 0. The molecule has 120 valence electrons. The van der Waals surface area contributed by atoms with E-state index in [1.807, 2.05) is 38.1 Å². The molecule has 1 amide bonds. The number of carbonyl (C=O) groups excluding carboxylic acids is 1. The molecule has 0 heterocycles. The van der Waals surface area contributed by atoms with E-state index in [1.165, 1.54) is 0 Å². The van der Waals surface area contributed by atoms with Crippen LogP contribution >= 0.6 is 12.4 Å². The minimum atomic E-state index is -0.0666. The molecule has 0 unspecified atom stereocenters. The lowest BCUT2D eigenvalue weighted by Gasteiger charge is -2.10. The highest BCUT2D eigenvalue weighted by atomic mass is 35.5. The van der Waals surface area contributed by atoms with Crippen LogP contribution in [-0.2, 0) is 20.9 Å². The van der Waals surface area contributed by atoms with Gasteiger partial charge in [-0.05, 0) is 31.5 Å². The lowest BCUT2D eigenvalue weighted by molar-refractivity contribution is -0.115. The Labute approximate surface area is 132 Å². The van der Waals surface area contributed by atoms with Gasteiger partial charge in [0.1, 0.15) is 0 Å². The first-order chi connectivity index (χ1) is 9.61. The first kappa shape index (κ1) is 19.9. The van der Waals surface area contributed by atoms with E-state index < -0.39 is 0 Å². The van der Waals surface area contributed by atoms with Crippen molar-refractivity contribution in [3.05, 3.63) is 29.8 Å². The van der Waals surface area contributed by atoms with Crippen LogP contribution in [0.15, 0.2) is 24.3 Å². The third-order valence-corrected chi connectivity index (χ3v) is 2.56. The van der Waals surface area contributed by atoms with Gasteiger partial charge in [0.25, 0.3) is 0 Å². The summed E-state index contributed by atoms with van der Waals surface area (Å²) in [6.45, 7) is 6.07. The molecule has 0 spiro atoms. The minimum absolute atomic E-state index is 0. The molecule has 1 rings (SSSR count). The molecule has 0 saturated heterocycles. The van der Waals surface area contributed by atoms with Crippen LogP contribution in [0.5, 0.6) is 0 Å². The highest BCUT2D eigenvalue weighted by Crippen LogP contribution is 2.12. The average molecular weight is 317 g/mol. The Morgan fingerprint density at radius 3 is 2.76 bits per heavy atom. The Kier molecular flexibility index (Phi) is 10.9. The van der Waals surface area contributed by atoms with Gasteiger partial charge in [-0.3, -0.25) is 4.79 Å². The van der Waals surface area contributed by atoms with Crippen molar-refractivity contribution in [1.82, 2.24) is 5.32 Å². The van der Waals surface area contributed by atoms with Gasteiger partial charge in [-0.15, -0.1) is 12.4 Å². The van der Waals surface area contributed by atoms with Gasteiger partial charge in [0.05, 0.1) is 25.9 Å². The van der Waals surface area contributed by atoms with Crippen molar-refractivity contribution < 1.29 is 14.3 Å². The Morgan fingerprint density at radius 1 is 1.33 bits per heavy atom. The van der Waals surface area contributed by atoms with Crippen molar-refractivity contribution in [1.29, 1.82) is 0 Å². The fourth-order valence-electron chi connectivity index (χ4n) is 1.58. The zero-order valence-electron chi connectivity index (χ0n) is 12.8. The maximum Gasteiger partial charge on any atom is 0.238 e. The number of amides is 1. The Morgan fingerprint density at radius 2 is 2.10 bits per heavy atom. The SMILES string of the molecule is COCCNCC(=O)Nc1cccc(COC(C)C)c1.Cl. The van der Waals surface area contributed by atoms with Gasteiger partial charge in [0, 0.05) is 19.3 Å². The zero-order chi connectivity index (χ0) is 14.8. The number of halogens is 1. The minimum Gasteiger partial charge on any atom is -0.383 e. The van der Waals surface area contributed by atoms with Gasteiger partial charge in [-0.2, -0.15) is 0 Å². The number of benzene rings is 1. The average Bonchev–Trinajstić information content (AvgIpc) is 2.42. The van der Waals surface area contributed by atoms with Gasteiger partial charge in [0.2, 0.25) is 5.91 Å². The zero-order valence-corrected chi connectivity index (χ0v) is 13.7. The van der Waals surface area contributed by atoms with Crippen molar-refractivity contribution in [2.24, 2.45) is 0 Å². The number of rotatable bonds is 9. The monoisotopic (exact) mass is 316 g/mol. The van der Waals surface area contributed by atoms with E-state index in [-0.39, 0.29) is 31.0 Å². The molecule has 0 aliphatic heterocycles. The molecule has 1 aromatic carbocycles. The molecule has 0 aromatic heterocycles. The Bertz CT molecular complexity index is 414. The summed E-state index contributed by atoms with van der Waals surface area (Å²) in [5.41, 5.74) is 1.83. The second-order valence-corrected chi connectivity index (χ2v) is 4.78. The maximum absolute atomic E-state index is 11.7. The van der Waals surface area contributed by atoms with Crippen molar-refractivity contribution >= 4 is 24.0 Å². The number of ether oxygens (including phenoxy) is 2. The van der Waals surface area contributed by atoms with Crippen LogP contribution in [0.3, 0.4) is 0 Å². The number of carbonyl (C=O) groups is 1. The summed E-state index contributed by atoms with van der Waals surface area (Å²) in [6, 6.07) is 7.68. The third kappa shape index (κ3) is 9.42. The molecular formula is C15H25ClN2O3. The Hall–Kier alpha value is -1.14. The summed E-state index contributed by atoms with van der Waals surface area (Å²) in [4.78, 5) is 11.7. The highest BCUT2D eigenvalue weighted by Gasteiger charge is 2.03. The van der Waals surface area contributed by atoms with Gasteiger partial charge in [-0.25, -0.2) is 0 Å². The van der Waals surface area contributed by atoms with Crippen LogP contribution in [0.4, 0.5) is 5.69 Å². The molecule has 21 heavy (non-hydrogen) atoms. The summed E-state index contributed by atoms with van der Waals surface area (Å²) in [5.74, 6) is -0.0666. The summed E-state index contributed by atoms with van der Waals surface area (Å²) in [5, 5.41) is 5.85. The smallest absolute Gasteiger partial charge is 0.238 e. The molecule has 2 N–H and O–H groups in total. The molecule has 5 nitrogen and oxygen atoms in total. The number of anilines is 1. The van der Waals surface area contributed by atoms with Gasteiger partial charge < -0.3 is 20.1 Å². The van der Waals surface area contributed by atoms with Crippen LogP contribution < -0.4 is 10.6 Å². The van der Waals surface area contributed by atoms with Crippen molar-refractivity contribution in [2.45, 2.75) is 26.6 Å². The van der Waals surface area contributed by atoms with E-state index in [1.54, 1.807) is 7.11 Å². The van der Waals surface area contributed by atoms with Gasteiger partial charge >= 0.3 is 0 Å². The van der Waals surface area contributed by atoms with E-state index in [9.17, 15) is 4.79 Å².